The van der Waals surface area contributed by atoms with E-state index in [-0.39, 0.29) is 12.1 Å². The smallest absolute Gasteiger partial charge is 0.249 e. The minimum absolute atomic E-state index is 0.149. The maximum atomic E-state index is 7.11. The van der Waals surface area contributed by atoms with Crippen molar-refractivity contribution in [2.45, 2.75) is 61.0 Å². The molecule has 0 aliphatic carbocycles. The molecule has 0 saturated carbocycles. The van der Waals surface area contributed by atoms with Crippen molar-refractivity contribution < 1.29 is 4.74 Å². The van der Waals surface area contributed by atoms with Gasteiger partial charge in [0.1, 0.15) is 11.5 Å². The Morgan fingerprint density at radius 1 is 0.320 bits per heavy atom. The van der Waals surface area contributed by atoms with E-state index >= 15 is 0 Å². The lowest BCUT2D eigenvalue weighted by molar-refractivity contribution is 0.434. The van der Waals surface area contributed by atoms with E-state index in [1.54, 1.807) is 0 Å². The number of hydrogen-bond acceptors (Lipinski definition) is 7. The molecule has 5 aliphatic heterocycles. The highest BCUT2D eigenvalue weighted by Gasteiger charge is 2.47. The van der Waals surface area contributed by atoms with Gasteiger partial charge in [-0.25, -0.2) is 0 Å². The molecule has 0 fully saturated rings. The van der Waals surface area contributed by atoms with Gasteiger partial charge in [0.2, 0.25) is 6.71 Å². The molecule has 0 amide bonds. The number of rotatable bonds is 8. The molecule has 0 N–H and O–H groups in total. The molecule has 19 rings (SSSR count). The van der Waals surface area contributed by atoms with Gasteiger partial charge in [0.15, 0.2) is 0 Å². The molecule has 4 nitrogen and oxygen atoms in total. The van der Waals surface area contributed by atoms with Gasteiger partial charge in [-0.15, -0.1) is 0 Å². The van der Waals surface area contributed by atoms with Crippen LogP contribution in [-0.2, 0) is 10.8 Å². The molecule has 0 aromatic heterocycles. The highest BCUT2D eigenvalue weighted by molar-refractivity contribution is 8.00. The zero-order valence-electron chi connectivity index (χ0n) is 53.7. The number of benzene rings is 14. The third-order valence-corrected chi connectivity index (χ3v) is 23.5. The van der Waals surface area contributed by atoms with E-state index in [0.717, 1.165) is 84.7 Å². The summed E-state index contributed by atoms with van der Waals surface area (Å²) in [6, 6.07) is 120. The average molecular weight is 1300 g/mol. The molecule has 14 aromatic rings. The molecule has 460 valence electrons. The minimum atomic E-state index is -0.722. The summed E-state index contributed by atoms with van der Waals surface area (Å²) < 4.78 is 7.11. The summed E-state index contributed by atoms with van der Waals surface area (Å²) >= 11 is 5.60. The Bertz CT molecular complexity index is 5310. The third-order valence-electron chi connectivity index (χ3n) is 20.1. The van der Waals surface area contributed by atoms with Gasteiger partial charge in [-0.2, -0.15) is 0 Å². The first-order chi connectivity index (χ1) is 47.7. The third kappa shape index (κ3) is 9.25. The Morgan fingerprint density at radius 3 is 1.33 bits per heavy atom. The lowest BCUT2D eigenvalue weighted by Crippen LogP contribution is -2.60. The van der Waals surface area contributed by atoms with E-state index in [0.29, 0.717) is 0 Å². The monoisotopic (exact) mass is 1300 g/mol. The Balaban J connectivity index is 0.923. The summed E-state index contributed by atoms with van der Waals surface area (Å²) in [7, 11) is 0. The summed E-state index contributed by atoms with van der Waals surface area (Å²) in [5.41, 5.74) is 25.9. The fourth-order valence-corrected chi connectivity index (χ4v) is 19.1. The van der Waals surface area contributed by atoms with Crippen LogP contribution in [0, 0.1) is 0 Å². The average Bonchev–Trinajstić information content (AvgIpc) is 0.702. The van der Waals surface area contributed by atoms with Crippen LogP contribution in [0.1, 0.15) is 48.6 Å². The predicted octanol–water partition coefficient (Wildman–Crippen LogP) is 23.1. The summed E-state index contributed by atoms with van der Waals surface area (Å²) in [5.74, 6) is 1.69. The normalized spacial score (nSPS) is 14.1. The topological polar surface area (TPSA) is 19.0 Å². The van der Waals surface area contributed by atoms with Crippen molar-refractivity contribution in [1.82, 2.24) is 0 Å². The van der Waals surface area contributed by atoms with Gasteiger partial charge in [-0.1, -0.05) is 268 Å². The van der Waals surface area contributed by atoms with Crippen molar-refractivity contribution in [1.29, 1.82) is 0 Å². The zero-order valence-corrected chi connectivity index (χ0v) is 56.1. The standard InChI is InChI=1S/C89H62BN3OS3/c1-88(2,3)63-53-66(57-26-8-4-9-27-57)87(67(54-63)58-28-10-5-11-29-58)93-76-55-64(91-72-35-17-22-40-80(72)95-81-41-23-18-36-73(81)91)45-47-70(76)90-71-48-46-65(92-74-37-19-24-42-82(74)96-83-43-25-20-38-75(83)92)56-84(71)97-85-52-60(51-77(93)86(85)90)59-44-49-79-69(50-59)89(61-30-12-6-13-31-61,62-32-14-7-15-33-62)68-34-16-21-39-78(68)94-79/h4-56H,1-3H3. The number of fused-ring (bicyclic) bond motifs is 10. The minimum Gasteiger partial charge on any atom is -0.457 e. The van der Waals surface area contributed by atoms with Crippen molar-refractivity contribution in [3.63, 3.8) is 0 Å². The van der Waals surface area contributed by atoms with Crippen LogP contribution in [0.5, 0.6) is 11.5 Å². The van der Waals surface area contributed by atoms with Crippen LogP contribution in [0.4, 0.5) is 51.2 Å². The molecular weight excluding hydrogens is 1230 g/mol. The molecule has 5 aliphatic rings. The molecule has 8 heteroatoms. The van der Waals surface area contributed by atoms with E-state index in [4.69, 9.17) is 4.74 Å². The molecule has 0 unspecified atom stereocenters. The second-order valence-electron chi connectivity index (χ2n) is 26.7. The largest absolute Gasteiger partial charge is 0.457 e. The van der Waals surface area contributed by atoms with Gasteiger partial charge in [-0.05, 0) is 171 Å². The molecule has 97 heavy (non-hydrogen) atoms. The van der Waals surface area contributed by atoms with Crippen LogP contribution in [0.3, 0.4) is 0 Å². The predicted molar refractivity (Wildman–Crippen MR) is 407 cm³/mol. The van der Waals surface area contributed by atoms with Crippen molar-refractivity contribution in [3.05, 3.63) is 349 Å². The number of para-hydroxylation sites is 5. The Morgan fingerprint density at radius 2 is 0.784 bits per heavy atom. The van der Waals surface area contributed by atoms with E-state index in [9.17, 15) is 0 Å². The van der Waals surface area contributed by atoms with Gasteiger partial charge in [0.25, 0.3) is 0 Å². The van der Waals surface area contributed by atoms with Gasteiger partial charge in [0, 0.05) is 74.4 Å². The molecular formula is C89H62BN3OS3. The maximum Gasteiger partial charge on any atom is 0.249 e. The number of nitrogens with zero attached hydrogens (tertiary/aromatic N) is 3. The zero-order chi connectivity index (χ0) is 64.5. The first-order valence-corrected chi connectivity index (χ1v) is 35.8. The van der Waals surface area contributed by atoms with E-state index in [1.165, 1.54) is 85.0 Å². The van der Waals surface area contributed by atoms with Crippen LogP contribution in [-0.4, -0.2) is 6.71 Å². The first kappa shape index (κ1) is 57.8. The van der Waals surface area contributed by atoms with Crippen molar-refractivity contribution in [2.75, 3.05) is 14.7 Å². The lowest BCUT2D eigenvalue weighted by atomic mass is 9.34. The first-order valence-electron chi connectivity index (χ1n) is 33.3. The molecule has 14 aromatic carbocycles. The van der Waals surface area contributed by atoms with Crippen molar-refractivity contribution in [2.24, 2.45) is 0 Å². The fourth-order valence-electron chi connectivity index (χ4n) is 15.7. The molecule has 0 saturated heterocycles. The van der Waals surface area contributed by atoms with Crippen molar-refractivity contribution in [3.8, 4) is 44.9 Å². The summed E-state index contributed by atoms with van der Waals surface area (Å²) in [6.45, 7) is 6.89. The van der Waals surface area contributed by atoms with Crippen LogP contribution in [0.15, 0.2) is 351 Å². The Hall–Kier alpha value is -10.6. The summed E-state index contributed by atoms with van der Waals surface area (Å²) in [4.78, 5) is 15.0. The lowest BCUT2D eigenvalue weighted by Gasteiger charge is -2.43. The van der Waals surface area contributed by atoms with Crippen LogP contribution in [0.25, 0.3) is 33.4 Å². The molecule has 0 atom stereocenters. The number of ether oxygens (including phenoxy) is 1. The molecule has 0 spiro atoms. The van der Waals surface area contributed by atoms with Crippen LogP contribution < -0.4 is 35.8 Å². The Labute approximate surface area is 580 Å². The second kappa shape index (κ2) is 22.8. The fraction of sp³-hybridized carbons (Fsp3) is 0.0562. The molecule has 0 radical (unpaired) electrons. The maximum absolute atomic E-state index is 7.11. The quantitative estimate of drug-likeness (QED) is 0.139. The van der Waals surface area contributed by atoms with Gasteiger partial charge >= 0.3 is 0 Å². The number of anilines is 9. The van der Waals surface area contributed by atoms with Crippen LogP contribution in [0.2, 0.25) is 0 Å². The van der Waals surface area contributed by atoms with Gasteiger partial charge in [0.05, 0.1) is 33.9 Å². The van der Waals surface area contributed by atoms with Gasteiger partial charge < -0.3 is 19.4 Å². The second-order valence-corrected chi connectivity index (χ2v) is 29.9. The summed E-state index contributed by atoms with van der Waals surface area (Å²) in [5, 5.41) is 0. The van der Waals surface area contributed by atoms with Crippen LogP contribution >= 0.6 is 35.3 Å². The van der Waals surface area contributed by atoms with E-state index < -0.39 is 5.41 Å². The molecule has 5 heterocycles. The highest BCUT2D eigenvalue weighted by Crippen LogP contribution is 2.59. The summed E-state index contributed by atoms with van der Waals surface area (Å²) in [6.07, 6.45) is 0. The molecule has 0 bridgehead atoms. The van der Waals surface area contributed by atoms with E-state index in [1.807, 2.05) is 35.3 Å². The number of hydrogen-bond donors (Lipinski definition) is 0. The van der Waals surface area contributed by atoms with Gasteiger partial charge in [-0.3, -0.25) is 0 Å². The van der Waals surface area contributed by atoms with Crippen molar-refractivity contribution >= 4 is 110 Å². The SMILES string of the molecule is CC(C)(C)c1cc(-c2ccccc2)c(N2c3cc(N4c5ccccc5Sc5ccccc54)ccc3B3c4ccc(N5c6ccccc6Sc6ccccc65)cc4Sc4cc(-c5ccc6c(c5)C(c5ccccc5)(c5ccccc5)c5ccccc5O6)cc2c43)c(-c2ccccc2)c1. The Kier molecular flexibility index (Phi) is 13.6. The van der Waals surface area contributed by atoms with E-state index in [2.05, 4.69) is 357 Å². The highest BCUT2D eigenvalue weighted by atomic mass is 32.2.